The van der Waals surface area contributed by atoms with Gasteiger partial charge in [0.1, 0.15) is 153 Å². The molecule has 7 aliphatic rings. The quantitative estimate of drug-likeness (QED) is 0.0297. The smallest absolute Gasteiger partial charge is 0.364 e. The summed E-state index contributed by atoms with van der Waals surface area (Å²) < 4.78 is 75.7. The highest BCUT2D eigenvalue weighted by molar-refractivity contribution is 5.78. The summed E-state index contributed by atoms with van der Waals surface area (Å²) in [5.41, 5.74) is 0. The molecule has 7 heterocycles. The van der Waals surface area contributed by atoms with Crippen molar-refractivity contribution < 1.29 is 223 Å². The average molecular weight is 1580 g/mol. The van der Waals surface area contributed by atoms with Crippen LogP contribution >= 0.6 is 0 Å². The number of hydrogen-bond acceptors (Lipinski definition) is 42. The van der Waals surface area contributed by atoms with Gasteiger partial charge in [-0.05, 0) is 0 Å². The van der Waals surface area contributed by atoms with E-state index in [0.717, 1.165) is 27.7 Å². The van der Waals surface area contributed by atoms with Crippen molar-refractivity contribution in [1.29, 1.82) is 0 Å². The van der Waals surface area contributed by atoms with Gasteiger partial charge in [0.2, 0.25) is 23.6 Å². The molecule has 0 aliphatic carbocycles. The van der Waals surface area contributed by atoms with E-state index in [-0.39, 0.29) is 0 Å². The monoisotopic (exact) mass is 1580 g/mol. The molecule has 108 heavy (non-hydrogen) atoms. The minimum atomic E-state index is -3.75. The number of aliphatic hydroxyl groups excluding tert-OH is 22. The topological polar surface area (TPSA) is 793 Å². The maximum atomic E-state index is 14.2. The summed E-state index contributed by atoms with van der Waals surface area (Å²) >= 11 is 0. The van der Waals surface area contributed by atoms with Crippen LogP contribution in [-0.2, 0) is 95.1 Å². The summed E-state index contributed by atoms with van der Waals surface area (Å²) in [6, 6.07) is -8.01. The first-order valence-corrected chi connectivity index (χ1v) is 33.5. The molecule has 622 valence electrons. The Hall–Kier alpha value is -5.11. The van der Waals surface area contributed by atoms with Crippen LogP contribution in [0.15, 0.2) is 0 Å². The number of nitrogens with one attached hydrogen (secondary N) is 4. The van der Waals surface area contributed by atoms with Crippen LogP contribution in [0, 0.1) is 0 Å². The Morgan fingerprint density at radius 3 is 1.13 bits per heavy atom. The molecule has 7 fully saturated rings. The van der Waals surface area contributed by atoms with Crippen molar-refractivity contribution in [2.24, 2.45) is 0 Å². The number of carbonyl (C=O) groups excluding carboxylic acids is 4. The molecule has 0 saturated carbocycles. The Labute approximate surface area is 609 Å². The summed E-state index contributed by atoms with van der Waals surface area (Å²) in [5, 5.41) is 285. The van der Waals surface area contributed by atoms with Crippen molar-refractivity contribution in [1.82, 2.24) is 21.3 Å². The zero-order chi connectivity index (χ0) is 80.8. The van der Waals surface area contributed by atoms with Crippen molar-refractivity contribution in [2.75, 3.05) is 46.2 Å². The van der Waals surface area contributed by atoms with Crippen molar-refractivity contribution in [3.05, 3.63) is 0 Å². The highest BCUT2D eigenvalue weighted by Gasteiger charge is 2.66. The van der Waals surface area contributed by atoms with Crippen molar-refractivity contribution in [3.8, 4) is 0 Å². The van der Waals surface area contributed by atoms with Crippen LogP contribution in [0.3, 0.4) is 0 Å². The van der Waals surface area contributed by atoms with E-state index in [0.29, 0.717) is 0 Å². The summed E-state index contributed by atoms with van der Waals surface area (Å²) in [6.07, 6.45) is -77.8. The fourth-order valence-electron chi connectivity index (χ4n) is 13.7. The largest absolute Gasteiger partial charge is 0.477 e. The molecule has 0 spiro atoms. The van der Waals surface area contributed by atoms with Crippen LogP contribution in [0.4, 0.5) is 0 Å². The van der Waals surface area contributed by atoms with Gasteiger partial charge >= 0.3 is 17.9 Å². The lowest BCUT2D eigenvalue weighted by Gasteiger charge is -2.53. The van der Waals surface area contributed by atoms with Gasteiger partial charge in [-0.3, -0.25) is 19.2 Å². The van der Waals surface area contributed by atoms with Gasteiger partial charge in [-0.2, -0.15) is 0 Å². The van der Waals surface area contributed by atoms with Crippen LogP contribution in [0.5, 0.6) is 0 Å². The third-order valence-corrected chi connectivity index (χ3v) is 19.1. The molecule has 38 atom stereocenters. The third-order valence-electron chi connectivity index (χ3n) is 19.1. The van der Waals surface area contributed by atoms with Crippen LogP contribution < -0.4 is 21.3 Å². The van der Waals surface area contributed by atoms with E-state index in [4.69, 9.17) is 61.6 Å². The zero-order valence-corrected chi connectivity index (χ0v) is 57.6. The predicted molar refractivity (Wildman–Crippen MR) is 330 cm³/mol. The second-order valence-corrected chi connectivity index (χ2v) is 26.8. The van der Waals surface area contributed by atoms with Gasteiger partial charge in [0.05, 0.1) is 82.7 Å². The predicted octanol–water partition coefficient (Wildman–Crippen LogP) is -18.1. The maximum Gasteiger partial charge on any atom is 0.364 e. The molecular weight excluding hydrogens is 1480 g/mol. The molecule has 49 nitrogen and oxygen atoms in total. The Morgan fingerprint density at radius 2 is 0.722 bits per heavy atom. The van der Waals surface area contributed by atoms with Gasteiger partial charge in [0, 0.05) is 47.0 Å². The minimum Gasteiger partial charge on any atom is -0.477 e. The molecule has 0 aromatic carbocycles. The third kappa shape index (κ3) is 19.4. The van der Waals surface area contributed by atoms with Crippen molar-refractivity contribution >= 4 is 41.5 Å². The number of carboxylic acid groups (broad SMARTS) is 3. The van der Waals surface area contributed by atoms with Gasteiger partial charge in [0.15, 0.2) is 25.2 Å². The van der Waals surface area contributed by atoms with Crippen molar-refractivity contribution in [2.45, 2.75) is 278 Å². The molecule has 7 aliphatic heterocycles. The fraction of sp³-hybridized carbons (Fsp3) is 0.881. The molecule has 0 aromatic heterocycles. The van der Waals surface area contributed by atoms with E-state index in [1.807, 2.05) is 0 Å². The second kappa shape index (κ2) is 37.7. The van der Waals surface area contributed by atoms with Crippen LogP contribution in [0.1, 0.15) is 47.0 Å². The lowest BCUT2D eigenvalue weighted by atomic mass is 9.87. The highest BCUT2D eigenvalue weighted by Crippen LogP contribution is 2.44. The molecule has 49 heteroatoms. The first-order valence-electron chi connectivity index (χ1n) is 33.5. The summed E-state index contributed by atoms with van der Waals surface area (Å²) in [5.74, 6) is -21.5. The van der Waals surface area contributed by atoms with Crippen molar-refractivity contribution in [3.63, 3.8) is 0 Å². The molecule has 7 saturated heterocycles. The Morgan fingerprint density at radius 1 is 0.380 bits per heavy atom. The lowest BCUT2D eigenvalue weighted by Crippen LogP contribution is -2.73. The number of ether oxygens (including phenoxy) is 13. The summed E-state index contributed by atoms with van der Waals surface area (Å²) in [7, 11) is 0. The SMILES string of the molecule is CC(=O)NC1[C@H](O[C@H]2C(CO)O[C@@H](O[C@@H]3C(CO)O[C@@H](O)C(O)[C@H]3O)C(O)[C@H]2O[C@]2(C(=O)O)C[C@@H](O)[C@@H](NC(C)=O)C(C(O)C(CO)O[C@]3(C(=O)O)C[C@@H](O)[C@H](NC(C)=O)C(C(O)C(O)CO)O3)O2)OC(CO)[C@H](O)[C@@H]1O[C@@H]1OC(CO)[C@H](O)[C@H](O[C@]2(C(=O)O)C[C@@H](O)[C@H](NC(C)=O)C(C(O)C(O)CO)O2)C1O. The van der Waals surface area contributed by atoms with Gasteiger partial charge in [0.25, 0.3) is 17.4 Å². The number of aliphatic hydroxyl groups is 22. The van der Waals surface area contributed by atoms with E-state index >= 15 is 0 Å². The molecule has 0 radical (unpaired) electrons. The maximum absolute atomic E-state index is 14.2. The van der Waals surface area contributed by atoms with Crippen LogP contribution in [-0.4, -0.2) is 447 Å². The Kier molecular flexibility index (Phi) is 31.4. The first-order chi connectivity index (χ1) is 50.6. The van der Waals surface area contributed by atoms with E-state index in [2.05, 4.69) is 21.3 Å². The van der Waals surface area contributed by atoms with Gasteiger partial charge in [-0.25, -0.2) is 14.4 Å². The molecular formula is C59H96N4O45. The fourth-order valence-corrected chi connectivity index (χ4v) is 13.7. The standard InChI is InChI=1S/C59H96N4O45/c1-15(71)60-29-19(75)5-57(54(90)91,104-45(29)33(80)22(78)8-64)103-26(12-68)37(84)47-31(62-17(3)73)21(77)7-59(106-47,56(94)95)108-49-41(88)53(100-42-27(13-69)96-50(89)39(86)38(42)85)99-28(14-70)43(49)101-51-32(63-18(4)74)44(35(82)24(10-66)97-51)102-52-40(87)48(36(83)25(11-67)98-52)107-58(55(92)93)6-20(76)30(61-16(2)72)46(105-58)34(81)23(79)9-65/h19-53,64-70,75-89H,5-14H2,1-4H3,(H,60,71)(H,61,72)(H,62,73)(H,63,74)(H,90,91)(H,92,93)(H,94,95)/t19-,20-,21-,22?,23?,24?,25?,26?,27?,28?,29+,30+,31-,32?,33?,34?,35+,36+,37?,38-,39?,40?,41?,42-,43+,44-,45?,46?,47?,48+,49-,50-,51+,52+,53+,57-,58+,59+/m1/s1. The number of amides is 4. The molecule has 17 unspecified atom stereocenters. The molecule has 7 rings (SSSR count). The molecule has 0 aromatic rings. The number of hydrogen-bond donors (Lipinski definition) is 29. The van der Waals surface area contributed by atoms with Gasteiger partial charge in [-0.1, -0.05) is 0 Å². The van der Waals surface area contributed by atoms with E-state index < -0.39 is 339 Å². The number of aliphatic carboxylic acids is 3. The number of carbonyl (C=O) groups is 7. The minimum absolute atomic E-state index is 0.809. The average Bonchev–Trinajstić information content (AvgIpc) is 0.750. The Bertz CT molecular complexity index is 3010. The number of carboxylic acids is 3. The Balaban J connectivity index is 1.31. The summed E-state index contributed by atoms with van der Waals surface area (Å²) in [6.45, 7) is -5.89. The van der Waals surface area contributed by atoms with E-state index in [1.54, 1.807) is 0 Å². The second-order valence-electron chi connectivity index (χ2n) is 26.8. The molecule has 4 amide bonds. The zero-order valence-electron chi connectivity index (χ0n) is 57.6. The van der Waals surface area contributed by atoms with Crippen LogP contribution in [0.25, 0.3) is 0 Å². The molecule has 29 N–H and O–H groups in total. The lowest BCUT2D eigenvalue weighted by molar-refractivity contribution is -0.405. The van der Waals surface area contributed by atoms with Crippen LogP contribution in [0.2, 0.25) is 0 Å². The normalized spacial score (nSPS) is 43.4. The van der Waals surface area contributed by atoms with Gasteiger partial charge < -0.3 is 211 Å². The molecule has 0 bridgehead atoms. The first kappa shape index (κ1) is 90.1. The van der Waals surface area contributed by atoms with E-state index in [1.165, 1.54) is 0 Å². The number of rotatable bonds is 32. The van der Waals surface area contributed by atoms with E-state index in [9.17, 15) is 161 Å². The summed E-state index contributed by atoms with van der Waals surface area (Å²) in [4.78, 5) is 91.6. The van der Waals surface area contributed by atoms with Gasteiger partial charge in [-0.15, -0.1) is 0 Å². The highest BCUT2D eigenvalue weighted by atomic mass is 16.8.